The van der Waals surface area contributed by atoms with Crippen LogP contribution in [-0.4, -0.2) is 29.0 Å². The molecule has 0 aliphatic heterocycles. The van der Waals surface area contributed by atoms with Gasteiger partial charge in [-0.3, -0.25) is 4.79 Å². The Hall–Kier alpha value is -2.17. The minimum Gasteiger partial charge on any atom is -0.355 e. The van der Waals surface area contributed by atoms with Crippen molar-refractivity contribution in [1.82, 2.24) is 15.3 Å². The molecule has 0 fully saturated rings. The quantitative estimate of drug-likeness (QED) is 0.837. The Morgan fingerprint density at radius 1 is 1.33 bits per heavy atom. The molecular formula is C13H16N4O. The number of para-hydroxylation sites is 1. The first-order valence-corrected chi connectivity index (χ1v) is 6.02. The Morgan fingerprint density at radius 3 is 3.00 bits per heavy atom. The molecule has 0 spiro atoms. The van der Waals surface area contributed by atoms with Crippen LogP contribution in [0.4, 0.5) is 5.95 Å². The average molecular weight is 244 g/mol. The van der Waals surface area contributed by atoms with Gasteiger partial charge in [-0.25, -0.2) is 9.97 Å². The highest BCUT2D eigenvalue weighted by atomic mass is 16.1. The number of hydrogen-bond donors (Lipinski definition) is 2. The first-order valence-electron chi connectivity index (χ1n) is 6.02. The molecule has 5 nitrogen and oxygen atoms in total. The maximum Gasteiger partial charge on any atom is 0.239 e. The Morgan fingerprint density at radius 2 is 2.17 bits per heavy atom. The molecule has 1 aromatic carbocycles. The smallest absolute Gasteiger partial charge is 0.239 e. The fraction of sp³-hybridized carbons (Fsp3) is 0.308. The molecule has 0 bridgehead atoms. The summed E-state index contributed by atoms with van der Waals surface area (Å²) in [4.78, 5) is 19.9. The highest BCUT2D eigenvalue weighted by Gasteiger charge is 2.02. The van der Waals surface area contributed by atoms with Crippen LogP contribution in [0.1, 0.15) is 13.3 Å². The van der Waals surface area contributed by atoms with E-state index in [1.807, 2.05) is 31.2 Å². The summed E-state index contributed by atoms with van der Waals surface area (Å²) >= 11 is 0. The molecule has 0 aliphatic carbocycles. The number of fused-ring (bicyclic) bond motifs is 1. The Bertz CT molecular complexity index is 541. The topological polar surface area (TPSA) is 66.9 Å². The second kappa shape index (κ2) is 5.95. The minimum atomic E-state index is -0.0476. The summed E-state index contributed by atoms with van der Waals surface area (Å²) in [6.07, 6.45) is 2.67. The lowest BCUT2D eigenvalue weighted by Crippen LogP contribution is -2.30. The normalized spacial score (nSPS) is 10.3. The number of amides is 1. The zero-order valence-corrected chi connectivity index (χ0v) is 10.3. The van der Waals surface area contributed by atoms with Crippen molar-refractivity contribution >= 4 is 22.8 Å². The molecular weight excluding hydrogens is 228 g/mol. The number of carbonyl (C=O) groups excluding carboxylic acids is 1. The summed E-state index contributed by atoms with van der Waals surface area (Å²) in [5.41, 5.74) is 0.865. The molecule has 0 aliphatic rings. The lowest BCUT2D eigenvalue weighted by molar-refractivity contribution is -0.119. The van der Waals surface area contributed by atoms with Crippen molar-refractivity contribution in [3.63, 3.8) is 0 Å². The molecule has 0 saturated carbocycles. The Balaban J connectivity index is 1.97. The van der Waals surface area contributed by atoms with Gasteiger partial charge in [0.05, 0.1) is 12.1 Å². The van der Waals surface area contributed by atoms with Crippen LogP contribution in [0.15, 0.2) is 30.5 Å². The molecule has 0 saturated heterocycles. The van der Waals surface area contributed by atoms with E-state index in [0.717, 1.165) is 17.3 Å². The van der Waals surface area contributed by atoms with E-state index in [9.17, 15) is 4.79 Å². The molecule has 1 heterocycles. The molecule has 2 aromatic rings. The predicted octanol–water partition coefficient (Wildman–Crippen LogP) is 1.57. The van der Waals surface area contributed by atoms with Crippen molar-refractivity contribution in [2.45, 2.75) is 13.3 Å². The molecule has 0 unspecified atom stereocenters. The van der Waals surface area contributed by atoms with Crippen LogP contribution in [0.2, 0.25) is 0 Å². The molecule has 2 rings (SSSR count). The Labute approximate surface area is 106 Å². The fourth-order valence-corrected chi connectivity index (χ4v) is 1.54. The summed E-state index contributed by atoms with van der Waals surface area (Å²) in [5, 5.41) is 6.68. The lowest BCUT2D eigenvalue weighted by atomic mass is 10.2. The van der Waals surface area contributed by atoms with Gasteiger partial charge in [0, 0.05) is 18.1 Å². The van der Waals surface area contributed by atoms with E-state index in [1.54, 1.807) is 6.20 Å². The van der Waals surface area contributed by atoms with Crippen LogP contribution in [0.25, 0.3) is 10.9 Å². The number of benzene rings is 1. The van der Waals surface area contributed by atoms with Gasteiger partial charge in [-0.05, 0) is 12.5 Å². The van der Waals surface area contributed by atoms with E-state index >= 15 is 0 Å². The fourth-order valence-electron chi connectivity index (χ4n) is 1.54. The summed E-state index contributed by atoms with van der Waals surface area (Å²) in [6, 6.07) is 7.73. The number of aromatic nitrogens is 2. The summed E-state index contributed by atoms with van der Waals surface area (Å²) in [6.45, 7) is 2.90. The molecule has 18 heavy (non-hydrogen) atoms. The number of hydrogen-bond acceptors (Lipinski definition) is 4. The van der Waals surface area contributed by atoms with Gasteiger partial charge in [-0.1, -0.05) is 25.1 Å². The second-order valence-electron chi connectivity index (χ2n) is 3.96. The molecule has 5 heteroatoms. The van der Waals surface area contributed by atoms with Gasteiger partial charge in [-0.2, -0.15) is 0 Å². The second-order valence-corrected chi connectivity index (χ2v) is 3.96. The predicted molar refractivity (Wildman–Crippen MR) is 71.3 cm³/mol. The van der Waals surface area contributed by atoms with Crippen molar-refractivity contribution in [1.29, 1.82) is 0 Å². The molecule has 1 aromatic heterocycles. The molecule has 94 valence electrons. The van der Waals surface area contributed by atoms with Crippen molar-refractivity contribution in [2.75, 3.05) is 18.4 Å². The van der Waals surface area contributed by atoms with E-state index in [1.165, 1.54) is 0 Å². The van der Waals surface area contributed by atoms with E-state index in [-0.39, 0.29) is 12.5 Å². The van der Waals surface area contributed by atoms with Gasteiger partial charge in [-0.15, -0.1) is 0 Å². The Kier molecular flexibility index (Phi) is 4.06. The SMILES string of the molecule is CCCNC(=O)CNc1ncc2ccccc2n1. The van der Waals surface area contributed by atoms with E-state index in [2.05, 4.69) is 20.6 Å². The van der Waals surface area contributed by atoms with Crippen LogP contribution >= 0.6 is 0 Å². The molecule has 0 atom stereocenters. The van der Waals surface area contributed by atoms with Crippen LogP contribution in [0.3, 0.4) is 0 Å². The van der Waals surface area contributed by atoms with Gasteiger partial charge in [0.2, 0.25) is 11.9 Å². The largest absolute Gasteiger partial charge is 0.355 e. The average Bonchev–Trinajstić information content (AvgIpc) is 2.42. The summed E-state index contributed by atoms with van der Waals surface area (Å²) in [7, 11) is 0. The molecule has 0 radical (unpaired) electrons. The van der Waals surface area contributed by atoms with E-state index in [4.69, 9.17) is 0 Å². The number of carbonyl (C=O) groups is 1. The lowest BCUT2D eigenvalue weighted by Gasteiger charge is -2.06. The van der Waals surface area contributed by atoms with Crippen molar-refractivity contribution in [2.24, 2.45) is 0 Å². The summed E-state index contributed by atoms with van der Waals surface area (Å²) in [5.74, 6) is 0.425. The van der Waals surface area contributed by atoms with Crippen molar-refractivity contribution in [3.8, 4) is 0 Å². The van der Waals surface area contributed by atoms with Crippen molar-refractivity contribution < 1.29 is 4.79 Å². The molecule has 2 N–H and O–H groups in total. The first kappa shape index (κ1) is 12.3. The van der Waals surface area contributed by atoms with Crippen LogP contribution < -0.4 is 10.6 Å². The number of nitrogens with one attached hydrogen (secondary N) is 2. The standard InChI is InChI=1S/C13H16N4O/c1-2-7-14-12(18)9-16-13-15-8-10-5-3-4-6-11(10)17-13/h3-6,8H,2,7,9H2,1H3,(H,14,18)(H,15,16,17). The highest BCUT2D eigenvalue weighted by molar-refractivity contribution is 5.81. The third-order valence-electron chi connectivity index (χ3n) is 2.47. The number of rotatable bonds is 5. The maximum atomic E-state index is 11.4. The third kappa shape index (κ3) is 3.16. The zero-order valence-electron chi connectivity index (χ0n) is 10.3. The number of nitrogens with zero attached hydrogens (tertiary/aromatic N) is 2. The van der Waals surface area contributed by atoms with Crippen LogP contribution in [0, 0.1) is 0 Å². The maximum absolute atomic E-state index is 11.4. The highest BCUT2D eigenvalue weighted by Crippen LogP contribution is 2.11. The van der Waals surface area contributed by atoms with E-state index < -0.39 is 0 Å². The first-order chi connectivity index (χ1) is 8.79. The minimum absolute atomic E-state index is 0.0476. The van der Waals surface area contributed by atoms with Gasteiger partial charge in [0.1, 0.15) is 0 Å². The summed E-state index contributed by atoms with van der Waals surface area (Å²) < 4.78 is 0. The van der Waals surface area contributed by atoms with Crippen molar-refractivity contribution in [3.05, 3.63) is 30.5 Å². The van der Waals surface area contributed by atoms with Gasteiger partial charge < -0.3 is 10.6 Å². The monoisotopic (exact) mass is 244 g/mol. The van der Waals surface area contributed by atoms with E-state index in [0.29, 0.717) is 12.5 Å². The van der Waals surface area contributed by atoms with Gasteiger partial charge in [0.25, 0.3) is 0 Å². The van der Waals surface area contributed by atoms with Gasteiger partial charge in [0.15, 0.2) is 0 Å². The van der Waals surface area contributed by atoms with Crippen LogP contribution in [-0.2, 0) is 4.79 Å². The number of anilines is 1. The third-order valence-corrected chi connectivity index (χ3v) is 2.47. The zero-order chi connectivity index (χ0) is 12.8. The van der Waals surface area contributed by atoms with Gasteiger partial charge >= 0.3 is 0 Å². The van der Waals surface area contributed by atoms with Crippen LogP contribution in [0.5, 0.6) is 0 Å². The molecule has 1 amide bonds.